The van der Waals surface area contributed by atoms with Gasteiger partial charge in [0, 0.05) is 25.9 Å². The zero-order valence-corrected chi connectivity index (χ0v) is 19.8. The van der Waals surface area contributed by atoms with E-state index in [0.29, 0.717) is 19.4 Å². The summed E-state index contributed by atoms with van der Waals surface area (Å²) in [5, 5.41) is 11.6. The second kappa shape index (κ2) is 11.0. The number of aromatic nitrogens is 2. The van der Waals surface area contributed by atoms with Crippen molar-refractivity contribution in [2.75, 3.05) is 6.54 Å². The van der Waals surface area contributed by atoms with Gasteiger partial charge in [-0.1, -0.05) is 54.6 Å². The lowest BCUT2D eigenvalue weighted by atomic mass is 9.99. The Morgan fingerprint density at radius 3 is 2.54 bits per heavy atom. The molecule has 1 aliphatic rings. The number of rotatable bonds is 9. The minimum atomic E-state index is -0.984. The van der Waals surface area contributed by atoms with E-state index in [1.54, 1.807) is 11.2 Å². The first-order chi connectivity index (χ1) is 16.9. The highest BCUT2D eigenvalue weighted by molar-refractivity contribution is 5.88. The summed E-state index contributed by atoms with van der Waals surface area (Å²) < 4.78 is 2.05. The number of nitrogens with zero attached hydrogens (tertiary/aromatic N) is 3. The standard InChI is InChI=1S/C27H30N4O4/c1-19-7-5-6-10-21(19)16-30-18-29-22-15-23(27(35)28-14-13-26(33)34)31(17-24(22)30)25(32)12-11-20-8-3-2-4-9-20/h2-10,18,23H,11-17H2,1H3,(H,28,35)(H,33,34). The maximum Gasteiger partial charge on any atom is 0.305 e. The molecular formula is C27H30N4O4. The van der Waals surface area contributed by atoms with Crippen molar-refractivity contribution in [2.45, 2.75) is 51.7 Å². The normalized spacial score (nSPS) is 14.9. The van der Waals surface area contributed by atoms with Gasteiger partial charge in [0.15, 0.2) is 0 Å². The highest BCUT2D eigenvalue weighted by Gasteiger charge is 2.36. The molecule has 0 fully saturated rings. The van der Waals surface area contributed by atoms with Crippen molar-refractivity contribution in [2.24, 2.45) is 0 Å². The zero-order chi connectivity index (χ0) is 24.8. The number of carboxylic acid groups (broad SMARTS) is 1. The number of carbonyl (C=O) groups is 3. The van der Waals surface area contributed by atoms with Gasteiger partial charge in [-0.15, -0.1) is 0 Å². The molecular weight excluding hydrogens is 444 g/mol. The quantitative estimate of drug-likeness (QED) is 0.496. The summed E-state index contributed by atoms with van der Waals surface area (Å²) in [5.74, 6) is -1.44. The molecule has 2 N–H and O–H groups in total. The van der Waals surface area contributed by atoms with Gasteiger partial charge in [-0.05, 0) is 30.0 Å². The lowest BCUT2D eigenvalue weighted by Gasteiger charge is -2.35. The number of hydrogen-bond acceptors (Lipinski definition) is 4. The molecule has 1 unspecified atom stereocenters. The summed E-state index contributed by atoms with van der Waals surface area (Å²) >= 11 is 0. The molecule has 0 spiro atoms. The SMILES string of the molecule is Cc1ccccc1Cn1cnc2c1CN(C(=O)CCc1ccccc1)C(C(=O)NCCC(=O)O)C2. The lowest BCUT2D eigenvalue weighted by molar-refractivity contribution is -0.142. The molecule has 1 atom stereocenters. The van der Waals surface area contributed by atoms with Crippen LogP contribution in [0.15, 0.2) is 60.9 Å². The van der Waals surface area contributed by atoms with Crippen LogP contribution >= 0.6 is 0 Å². The first-order valence-electron chi connectivity index (χ1n) is 11.8. The van der Waals surface area contributed by atoms with E-state index in [2.05, 4.69) is 29.4 Å². The highest BCUT2D eigenvalue weighted by Crippen LogP contribution is 2.25. The molecule has 2 heterocycles. The van der Waals surface area contributed by atoms with E-state index in [0.717, 1.165) is 17.0 Å². The first kappa shape index (κ1) is 24.2. The van der Waals surface area contributed by atoms with E-state index in [1.165, 1.54) is 11.1 Å². The van der Waals surface area contributed by atoms with Crippen molar-refractivity contribution in [3.05, 3.63) is 89.0 Å². The Balaban J connectivity index is 1.54. The number of carbonyl (C=O) groups excluding carboxylic acids is 2. The van der Waals surface area contributed by atoms with Crippen molar-refractivity contribution in [1.82, 2.24) is 19.8 Å². The summed E-state index contributed by atoms with van der Waals surface area (Å²) in [6.45, 7) is 3.00. The van der Waals surface area contributed by atoms with Gasteiger partial charge < -0.3 is 19.9 Å². The van der Waals surface area contributed by atoms with E-state index in [9.17, 15) is 14.4 Å². The smallest absolute Gasteiger partial charge is 0.305 e. The maximum absolute atomic E-state index is 13.3. The van der Waals surface area contributed by atoms with Crippen LogP contribution in [0.2, 0.25) is 0 Å². The summed E-state index contributed by atoms with van der Waals surface area (Å²) in [5.41, 5.74) is 5.13. The van der Waals surface area contributed by atoms with Gasteiger partial charge in [-0.3, -0.25) is 14.4 Å². The Labute approximate surface area is 204 Å². The monoisotopic (exact) mass is 474 g/mol. The number of amides is 2. The lowest BCUT2D eigenvalue weighted by Crippen LogP contribution is -2.53. The molecule has 0 radical (unpaired) electrons. The predicted molar refractivity (Wildman–Crippen MR) is 131 cm³/mol. The van der Waals surface area contributed by atoms with E-state index >= 15 is 0 Å². The van der Waals surface area contributed by atoms with Gasteiger partial charge in [0.05, 0.1) is 30.7 Å². The van der Waals surface area contributed by atoms with E-state index in [-0.39, 0.29) is 37.7 Å². The fourth-order valence-electron chi connectivity index (χ4n) is 4.42. The largest absolute Gasteiger partial charge is 0.481 e. The average molecular weight is 475 g/mol. The van der Waals surface area contributed by atoms with Crippen LogP contribution in [0.4, 0.5) is 0 Å². The van der Waals surface area contributed by atoms with Crippen LogP contribution in [0, 0.1) is 6.92 Å². The van der Waals surface area contributed by atoms with Crippen LogP contribution in [0.3, 0.4) is 0 Å². The molecule has 8 nitrogen and oxygen atoms in total. The fourth-order valence-corrected chi connectivity index (χ4v) is 4.42. The Kier molecular flexibility index (Phi) is 7.60. The van der Waals surface area contributed by atoms with Crippen LogP contribution in [-0.2, 0) is 40.3 Å². The number of imidazole rings is 1. The number of nitrogens with one attached hydrogen (secondary N) is 1. The van der Waals surface area contributed by atoms with Crippen LogP contribution < -0.4 is 5.32 Å². The Morgan fingerprint density at radius 2 is 1.80 bits per heavy atom. The zero-order valence-electron chi connectivity index (χ0n) is 19.8. The third kappa shape index (κ3) is 5.95. The number of benzene rings is 2. The molecule has 4 rings (SSSR count). The number of fused-ring (bicyclic) bond motifs is 1. The predicted octanol–water partition coefficient (Wildman–Crippen LogP) is 2.72. The number of hydrogen-bond donors (Lipinski definition) is 2. The van der Waals surface area contributed by atoms with Crippen molar-refractivity contribution in [3.63, 3.8) is 0 Å². The maximum atomic E-state index is 13.3. The van der Waals surface area contributed by atoms with Crippen molar-refractivity contribution < 1.29 is 19.5 Å². The fraction of sp³-hybridized carbons (Fsp3) is 0.333. The summed E-state index contributed by atoms with van der Waals surface area (Å²) in [7, 11) is 0. The topological polar surface area (TPSA) is 105 Å². The third-order valence-electron chi connectivity index (χ3n) is 6.45. The summed E-state index contributed by atoms with van der Waals surface area (Å²) in [6.07, 6.45) is 2.76. The van der Waals surface area contributed by atoms with Crippen LogP contribution in [0.5, 0.6) is 0 Å². The molecule has 2 aromatic carbocycles. The van der Waals surface area contributed by atoms with Gasteiger partial charge in [-0.2, -0.15) is 0 Å². The Bertz CT molecular complexity index is 1200. The highest BCUT2D eigenvalue weighted by atomic mass is 16.4. The molecule has 0 aliphatic carbocycles. The van der Waals surface area contributed by atoms with Crippen molar-refractivity contribution in [1.29, 1.82) is 0 Å². The first-order valence-corrected chi connectivity index (χ1v) is 11.8. The summed E-state index contributed by atoms with van der Waals surface area (Å²) in [4.78, 5) is 43.4. The van der Waals surface area contributed by atoms with Crippen molar-refractivity contribution in [3.8, 4) is 0 Å². The van der Waals surface area contributed by atoms with E-state index < -0.39 is 12.0 Å². The minimum absolute atomic E-state index is 0.0191. The molecule has 8 heteroatoms. The van der Waals surface area contributed by atoms with Gasteiger partial charge >= 0.3 is 5.97 Å². The van der Waals surface area contributed by atoms with E-state index in [4.69, 9.17) is 5.11 Å². The molecule has 0 saturated carbocycles. The number of aliphatic carboxylic acids is 1. The molecule has 1 aromatic heterocycles. The molecule has 0 bridgehead atoms. The van der Waals surface area contributed by atoms with Gasteiger partial charge in [0.1, 0.15) is 6.04 Å². The van der Waals surface area contributed by atoms with Crippen LogP contribution in [0.1, 0.15) is 40.9 Å². The van der Waals surface area contributed by atoms with Gasteiger partial charge in [-0.25, -0.2) is 4.98 Å². The van der Waals surface area contributed by atoms with Crippen LogP contribution in [-0.4, -0.2) is 49.9 Å². The van der Waals surface area contributed by atoms with E-state index in [1.807, 2.05) is 47.0 Å². The van der Waals surface area contributed by atoms with Gasteiger partial charge in [0.2, 0.25) is 11.8 Å². The van der Waals surface area contributed by atoms with Crippen molar-refractivity contribution >= 4 is 17.8 Å². The number of carboxylic acids is 1. The second-order valence-corrected chi connectivity index (χ2v) is 8.85. The number of aryl methyl sites for hydroxylation is 2. The second-order valence-electron chi connectivity index (χ2n) is 8.85. The van der Waals surface area contributed by atoms with Gasteiger partial charge in [0.25, 0.3) is 0 Å². The van der Waals surface area contributed by atoms with Crippen LogP contribution in [0.25, 0.3) is 0 Å². The molecule has 3 aromatic rings. The molecule has 182 valence electrons. The minimum Gasteiger partial charge on any atom is -0.481 e. The Morgan fingerprint density at radius 1 is 1.06 bits per heavy atom. The summed E-state index contributed by atoms with van der Waals surface area (Å²) in [6, 6.07) is 17.2. The average Bonchev–Trinajstić information content (AvgIpc) is 3.25. The molecule has 2 amide bonds. The molecule has 1 aliphatic heterocycles. The third-order valence-corrected chi connectivity index (χ3v) is 6.45. The molecule has 0 saturated heterocycles. The molecule has 35 heavy (non-hydrogen) atoms. The Hall–Kier alpha value is -3.94.